The first kappa shape index (κ1) is 16.5. The number of amides is 2. The quantitative estimate of drug-likeness (QED) is 0.787. The lowest BCUT2D eigenvalue weighted by atomic mass is 10.2. The Hall–Kier alpha value is -1.59. The molecule has 0 aromatic heterocycles. The molecule has 0 saturated carbocycles. The molecule has 1 aromatic rings. The van der Waals surface area contributed by atoms with Crippen LogP contribution in [0.25, 0.3) is 0 Å². The number of benzene rings is 1. The fraction of sp³-hybridized carbons (Fsp3) is 0.533. The Bertz CT molecular complexity index is 397. The minimum absolute atomic E-state index is 0.0216. The summed E-state index contributed by atoms with van der Waals surface area (Å²) in [6.45, 7) is 3.93. The molecule has 5 nitrogen and oxygen atoms in total. The molecular weight excluding hydrogens is 254 g/mol. The smallest absolute Gasteiger partial charge is 0.317 e. The first-order valence-electron chi connectivity index (χ1n) is 6.88. The van der Waals surface area contributed by atoms with Crippen molar-refractivity contribution in [3.63, 3.8) is 0 Å². The lowest BCUT2D eigenvalue weighted by Gasteiger charge is -2.24. The number of urea groups is 1. The molecule has 0 heterocycles. The van der Waals surface area contributed by atoms with Crippen molar-refractivity contribution in [2.45, 2.75) is 19.5 Å². The second-order valence-electron chi connectivity index (χ2n) is 5.18. The van der Waals surface area contributed by atoms with Crippen LogP contribution < -0.4 is 5.32 Å². The number of nitrogens with zero attached hydrogens (tertiary/aromatic N) is 2. The van der Waals surface area contributed by atoms with E-state index in [9.17, 15) is 4.79 Å². The molecule has 1 atom stereocenters. The van der Waals surface area contributed by atoms with E-state index in [0.29, 0.717) is 6.54 Å². The standard InChI is InChI=1S/C15H25N3O2/c1-13(16-15(20)18(3)9-10-19)11-17(2)12-14-7-5-4-6-8-14/h4-8,13,19H,9-12H2,1-3H3,(H,16,20). The largest absolute Gasteiger partial charge is 0.395 e. The number of hydrogen-bond donors (Lipinski definition) is 2. The van der Waals surface area contributed by atoms with Crippen LogP contribution in [-0.2, 0) is 6.54 Å². The molecule has 0 aliphatic carbocycles. The summed E-state index contributed by atoms with van der Waals surface area (Å²) < 4.78 is 0. The topological polar surface area (TPSA) is 55.8 Å². The van der Waals surface area contributed by atoms with Crippen LogP contribution in [-0.4, -0.2) is 60.8 Å². The molecule has 0 saturated heterocycles. The average molecular weight is 279 g/mol. The Morgan fingerprint density at radius 2 is 1.95 bits per heavy atom. The van der Waals surface area contributed by atoms with E-state index in [1.165, 1.54) is 10.5 Å². The van der Waals surface area contributed by atoms with Crippen molar-refractivity contribution < 1.29 is 9.90 Å². The summed E-state index contributed by atoms with van der Waals surface area (Å²) in [7, 11) is 3.71. The van der Waals surface area contributed by atoms with Gasteiger partial charge in [0.15, 0.2) is 0 Å². The van der Waals surface area contributed by atoms with Crippen LogP contribution in [0.3, 0.4) is 0 Å². The molecule has 0 fully saturated rings. The number of carbonyl (C=O) groups is 1. The molecule has 112 valence electrons. The lowest BCUT2D eigenvalue weighted by molar-refractivity contribution is 0.184. The van der Waals surface area contributed by atoms with Gasteiger partial charge in [-0.25, -0.2) is 4.79 Å². The number of nitrogens with one attached hydrogen (secondary N) is 1. The van der Waals surface area contributed by atoms with Crippen LogP contribution in [0, 0.1) is 0 Å². The molecule has 0 spiro atoms. The number of aliphatic hydroxyl groups is 1. The highest BCUT2D eigenvalue weighted by molar-refractivity contribution is 5.74. The molecule has 1 aromatic carbocycles. The summed E-state index contributed by atoms with van der Waals surface area (Å²) in [6, 6.07) is 10.1. The van der Waals surface area contributed by atoms with E-state index < -0.39 is 0 Å². The Morgan fingerprint density at radius 1 is 1.30 bits per heavy atom. The molecule has 0 radical (unpaired) electrons. The number of rotatable bonds is 7. The van der Waals surface area contributed by atoms with Gasteiger partial charge >= 0.3 is 6.03 Å². The molecule has 0 aliphatic heterocycles. The molecule has 20 heavy (non-hydrogen) atoms. The number of hydrogen-bond acceptors (Lipinski definition) is 3. The Kier molecular flexibility index (Phi) is 7.04. The summed E-state index contributed by atoms with van der Waals surface area (Å²) >= 11 is 0. The maximum absolute atomic E-state index is 11.8. The van der Waals surface area contributed by atoms with Crippen molar-refractivity contribution in [3.05, 3.63) is 35.9 Å². The highest BCUT2D eigenvalue weighted by atomic mass is 16.3. The third kappa shape index (κ3) is 6.04. The molecule has 1 unspecified atom stereocenters. The van der Waals surface area contributed by atoms with E-state index in [0.717, 1.165) is 13.1 Å². The molecule has 0 aliphatic rings. The maximum Gasteiger partial charge on any atom is 0.317 e. The summed E-state index contributed by atoms with van der Waals surface area (Å²) in [5.41, 5.74) is 1.26. The minimum Gasteiger partial charge on any atom is -0.395 e. The zero-order valence-electron chi connectivity index (χ0n) is 12.5. The van der Waals surface area contributed by atoms with E-state index in [-0.39, 0.29) is 18.7 Å². The zero-order chi connectivity index (χ0) is 15.0. The van der Waals surface area contributed by atoms with Gasteiger partial charge in [-0.1, -0.05) is 30.3 Å². The minimum atomic E-state index is -0.153. The fourth-order valence-electron chi connectivity index (χ4n) is 2.05. The van der Waals surface area contributed by atoms with E-state index in [2.05, 4.69) is 22.3 Å². The molecule has 5 heteroatoms. The number of likely N-dealkylation sites (N-methyl/N-ethyl adjacent to an activating group) is 2. The van der Waals surface area contributed by atoms with Crippen molar-refractivity contribution in [3.8, 4) is 0 Å². The van der Waals surface area contributed by atoms with Crippen LogP contribution in [0.5, 0.6) is 0 Å². The van der Waals surface area contributed by atoms with Crippen LogP contribution in [0.2, 0.25) is 0 Å². The summed E-state index contributed by atoms with van der Waals surface area (Å²) in [5.74, 6) is 0. The van der Waals surface area contributed by atoms with Crippen molar-refractivity contribution in [1.82, 2.24) is 15.1 Å². The Morgan fingerprint density at radius 3 is 2.55 bits per heavy atom. The lowest BCUT2D eigenvalue weighted by Crippen LogP contribution is -2.46. The maximum atomic E-state index is 11.8. The number of aliphatic hydroxyl groups excluding tert-OH is 1. The van der Waals surface area contributed by atoms with Crippen LogP contribution >= 0.6 is 0 Å². The van der Waals surface area contributed by atoms with Gasteiger partial charge in [0.05, 0.1) is 6.61 Å². The van der Waals surface area contributed by atoms with Gasteiger partial charge in [0, 0.05) is 32.7 Å². The van der Waals surface area contributed by atoms with Gasteiger partial charge in [-0.3, -0.25) is 0 Å². The molecular formula is C15H25N3O2. The summed E-state index contributed by atoms with van der Waals surface area (Å²) in [4.78, 5) is 15.4. The van der Waals surface area contributed by atoms with Gasteiger partial charge in [0.1, 0.15) is 0 Å². The fourth-order valence-corrected chi connectivity index (χ4v) is 2.05. The first-order valence-corrected chi connectivity index (χ1v) is 6.88. The monoisotopic (exact) mass is 279 g/mol. The highest BCUT2D eigenvalue weighted by Crippen LogP contribution is 2.03. The van der Waals surface area contributed by atoms with Gasteiger partial charge in [0.25, 0.3) is 0 Å². The summed E-state index contributed by atoms with van der Waals surface area (Å²) in [6.07, 6.45) is 0. The van der Waals surface area contributed by atoms with E-state index in [4.69, 9.17) is 5.11 Å². The second-order valence-corrected chi connectivity index (χ2v) is 5.18. The molecule has 2 amide bonds. The van der Waals surface area contributed by atoms with Crippen molar-refractivity contribution in [2.24, 2.45) is 0 Å². The second kappa shape index (κ2) is 8.55. The summed E-state index contributed by atoms with van der Waals surface area (Å²) in [5, 5.41) is 11.7. The van der Waals surface area contributed by atoms with Crippen molar-refractivity contribution in [1.29, 1.82) is 0 Å². The van der Waals surface area contributed by atoms with Gasteiger partial charge in [-0.05, 0) is 19.5 Å². The van der Waals surface area contributed by atoms with Crippen molar-refractivity contribution in [2.75, 3.05) is 33.8 Å². The van der Waals surface area contributed by atoms with Gasteiger partial charge in [-0.2, -0.15) is 0 Å². The number of carbonyl (C=O) groups excluding carboxylic acids is 1. The highest BCUT2D eigenvalue weighted by Gasteiger charge is 2.13. The SMILES string of the molecule is CC(CN(C)Cc1ccccc1)NC(=O)N(C)CCO. The Labute approximate surface area is 121 Å². The zero-order valence-corrected chi connectivity index (χ0v) is 12.5. The van der Waals surface area contributed by atoms with Crippen LogP contribution in [0.1, 0.15) is 12.5 Å². The van der Waals surface area contributed by atoms with Crippen LogP contribution in [0.15, 0.2) is 30.3 Å². The molecule has 1 rings (SSSR count). The van der Waals surface area contributed by atoms with E-state index in [1.54, 1.807) is 7.05 Å². The molecule has 2 N–H and O–H groups in total. The predicted octanol–water partition coefficient (Wildman–Crippen LogP) is 1.14. The Balaban J connectivity index is 2.34. The van der Waals surface area contributed by atoms with E-state index >= 15 is 0 Å². The predicted molar refractivity (Wildman–Crippen MR) is 80.5 cm³/mol. The normalized spacial score (nSPS) is 12.2. The average Bonchev–Trinajstić information content (AvgIpc) is 2.39. The third-order valence-corrected chi connectivity index (χ3v) is 3.03. The van der Waals surface area contributed by atoms with Crippen LogP contribution in [0.4, 0.5) is 4.79 Å². The third-order valence-electron chi connectivity index (χ3n) is 3.03. The first-order chi connectivity index (χ1) is 9.52. The van der Waals surface area contributed by atoms with E-state index in [1.807, 2.05) is 32.2 Å². The van der Waals surface area contributed by atoms with Gasteiger partial charge in [0.2, 0.25) is 0 Å². The van der Waals surface area contributed by atoms with Gasteiger partial charge in [-0.15, -0.1) is 0 Å². The van der Waals surface area contributed by atoms with Gasteiger partial charge < -0.3 is 20.2 Å². The molecule has 0 bridgehead atoms. The van der Waals surface area contributed by atoms with Crippen molar-refractivity contribution >= 4 is 6.03 Å².